The fraction of sp³-hybridized carbons (Fsp3) is 0.188. The Morgan fingerprint density at radius 2 is 2.05 bits per heavy atom. The van der Waals surface area contributed by atoms with Crippen LogP contribution in [0.2, 0.25) is 5.15 Å². The minimum Gasteiger partial charge on any atom is -0.461 e. The van der Waals surface area contributed by atoms with Crippen molar-refractivity contribution in [3.8, 4) is 0 Å². The van der Waals surface area contributed by atoms with E-state index in [1.54, 1.807) is 6.20 Å². The van der Waals surface area contributed by atoms with Gasteiger partial charge in [0.2, 0.25) is 0 Å². The van der Waals surface area contributed by atoms with Crippen molar-refractivity contribution in [3.63, 3.8) is 0 Å². The van der Waals surface area contributed by atoms with Crippen molar-refractivity contribution in [3.05, 3.63) is 58.6 Å². The van der Waals surface area contributed by atoms with Gasteiger partial charge in [0.15, 0.2) is 5.15 Å². The Kier molecular flexibility index (Phi) is 3.36. The zero-order chi connectivity index (χ0) is 14.1. The topological polar surface area (TPSA) is 38.1 Å². The smallest absolute Gasteiger partial charge is 0.152 e. The molecule has 0 atom stereocenters. The van der Waals surface area contributed by atoms with Gasteiger partial charge in [-0.05, 0) is 31.5 Å². The zero-order valence-corrected chi connectivity index (χ0v) is 12.2. The van der Waals surface area contributed by atoms with Gasteiger partial charge in [-0.1, -0.05) is 29.8 Å². The van der Waals surface area contributed by atoms with E-state index in [2.05, 4.69) is 16.4 Å². The molecule has 2 aromatic heterocycles. The van der Waals surface area contributed by atoms with E-state index in [0.29, 0.717) is 11.7 Å². The van der Waals surface area contributed by atoms with Gasteiger partial charge >= 0.3 is 0 Å². The van der Waals surface area contributed by atoms with Gasteiger partial charge in [-0.3, -0.25) is 0 Å². The maximum atomic E-state index is 6.10. The average Bonchev–Trinajstić information content (AvgIpc) is 2.75. The molecule has 0 radical (unpaired) electrons. The lowest BCUT2D eigenvalue weighted by molar-refractivity contribution is 0.573. The molecule has 4 heteroatoms. The van der Waals surface area contributed by atoms with E-state index in [9.17, 15) is 0 Å². The molecule has 0 bridgehead atoms. The normalized spacial score (nSPS) is 10.9. The molecular formula is C16H15ClN2O. The van der Waals surface area contributed by atoms with Gasteiger partial charge in [0, 0.05) is 23.7 Å². The molecule has 0 amide bonds. The first-order chi connectivity index (χ1) is 9.65. The molecule has 3 rings (SSSR count). The maximum absolute atomic E-state index is 6.10. The number of anilines is 1. The lowest BCUT2D eigenvalue weighted by Crippen LogP contribution is -2.01. The van der Waals surface area contributed by atoms with E-state index < -0.39 is 0 Å². The van der Waals surface area contributed by atoms with Crippen LogP contribution in [-0.2, 0) is 6.54 Å². The molecule has 1 aromatic carbocycles. The lowest BCUT2D eigenvalue weighted by atomic mass is 10.1. The second-order valence-corrected chi connectivity index (χ2v) is 5.20. The molecule has 0 aliphatic heterocycles. The molecule has 20 heavy (non-hydrogen) atoms. The highest BCUT2D eigenvalue weighted by atomic mass is 35.5. The first-order valence-electron chi connectivity index (χ1n) is 6.48. The van der Waals surface area contributed by atoms with Gasteiger partial charge in [-0.15, -0.1) is 0 Å². The van der Waals surface area contributed by atoms with Crippen molar-refractivity contribution in [2.45, 2.75) is 20.4 Å². The van der Waals surface area contributed by atoms with Crippen LogP contribution >= 0.6 is 11.6 Å². The van der Waals surface area contributed by atoms with Crippen LogP contribution in [0.4, 0.5) is 5.69 Å². The number of para-hydroxylation sites is 1. The number of benzene rings is 1. The number of hydrogen-bond donors (Lipinski definition) is 1. The van der Waals surface area contributed by atoms with Gasteiger partial charge in [0.05, 0.1) is 5.69 Å². The number of rotatable bonds is 3. The molecule has 0 unspecified atom stereocenters. The molecule has 1 N–H and O–H groups in total. The Bertz CT molecular complexity index is 764. The standard InChI is InChI=1S/C16H15ClN2O/c1-10-7-14(16(17)19-8-10)18-9-13-11(2)20-15-6-4-3-5-12(13)15/h3-8,18H,9H2,1-2H3. The van der Waals surface area contributed by atoms with Crippen molar-refractivity contribution in [2.75, 3.05) is 5.32 Å². The number of nitrogens with zero attached hydrogens (tertiary/aromatic N) is 1. The first-order valence-corrected chi connectivity index (χ1v) is 6.86. The van der Waals surface area contributed by atoms with Gasteiger partial charge in [-0.25, -0.2) is 4.98 Å². The number of hydrogen-bond acceptors (Lipinski definition) is 3. The minimum atomic E-state index is 0.487. The Hall–Kier alpha value is -2.00. The molecule has 3 aromatic rings. The Labute approximate surface area is 122 Å². The van der Waals surface area contributed by atoms with E-state index in [-0.39, 0.29) is 0 Å². The number of nitrogens with one attached hydrogen (secondary N) is 1. The Morgan fingerprint density at radius 3 is 2.90 bits per heavy atom. The fourth-order valence-corrected chi connectivity index (χ4v) is 2.47. The molecule has 2 heterocycles. The van der Waals surface area contributed by atoms with Crippen molar-refractivity contribution < 1.29 is 4.42 Å². The summed E-state index contributed by atoms with van der Waals surface area (Å²) in [6.07, 6.45) is 1.76. The largest absolute Gasteiger partial charge is 0.461 e. The SMILES string of the molecule is Cc1cnc(Cl)c(NCc2c(C)oc3ccccc23)c1. The monoisotopic (exact) mass is 286 g/mol. The number of fused-ring (bicyclic) bond motifs is 1. The number of halogens is 1. The summed E-state index contributed by atoms with van der Waals surface area (Å²) < 4.78 is 5.75. The van der Waals surface area contributed by atoms with Crippen LogP contribution in [0.25, 0.3) is 11.0 Å². The van der Waals surface area contributed by atoms with E-state index >= 15 is 0 Å². The quantitative estimate of drug-likeness (QED) is 0.709. The van der Waals surface area contributed by atoms with Gasteiger partial charge in [-0.2, -0.15) is 0 Å². The molecule has 0 saturated carbocycles. The van der Waals surface area contributed by atoms with Crippen molar-refractivity contribution in [2.24, 2.45) is 0 Å². The molecule has 3 nitrogen and oxygen atoms in total. The Morgan fingerprint density at radius 1 is 1.25 bits per heavy atom. The van der Waals surface area contributed by atoms with E-state index in [0.717, 1.165) is 33.5 Å². The number of aromatic nitrogens is 1. The highest BCUT2D eigenvalue weighted by Crippen LogP contribution is 2.27. The predicted molar refractivity (Wildman–Crippen MR) is 82.3 cm³/mol. The summed E-state index contributed by atoms with van der Waals surface area (Å²) in [5, 5.41) is 4.96. The van der Waals surface area contributed by atoms with Crippen LogP contribution in [0.3, 0.4) is 0 Å². The maximum Gasteiger partial charge on any atom is 0.152 e. The molecule has 0 aliphatic rings. The lowest BCUT2D eigenvalue weighted by Gasteiger charge is -2.08. The van der Waals surface area contributed by atoms with Gasteiger partial charge in [0.25, 0.3) is 0 Å². The third-order valence-electron chi connectivity index (χ3n) is 3.33. The molecular weight excluding hydrogens is 272 g/mol. The number of furan rings is 1. The van der Waals surface area contributed by atoms with E-state index in [4.69, 9.17) is 16.0 Å². The molecule has 0 fully saturated rings. The minimum absolute atomic E-state index is 0.487. The zero-order valence-electron chi connectivity index (χ0n) is 11.4. The third-order valence-corrected chi connectivity index (χ3v) is 3.63. The van der Waals surface area contributed by atoms with Crippen molar-refractivity contribution in [1.29, 1.82) is 0 Å². The second kappa shape index (κ2) is 5.17. The highest BCUT2D eigenvalue weighted by molar-refractivity contribution is 6.31. The summed E-state index contributed by atoms with van der Waals surface area (Å²) in [5.74, 6) is 0.926. The molecule has 0 aliphatic carbocycles. The molecule has 0 spiro atoms. The van der Waals surface area contributed by atoms with Gasteiger partial charge in [0.1, 0.15) is 11.3 Å². The van der Waals surface area contributed by atoms with Crippen LogP contribution in [0.15, 0.2) is 40.9 Å². The van der Waals surface area contributed by atoms with Gasteiger partial charge < -0.3 is 9.73 Å². The van der Waals surface area contributed by atoms with E-state index in [1.165, 1.54) is 0 Å². The summed E-state index contributed by atoms with van der Waals surface area (Å²) >= 11 is 6.10. The summed E-state index contributed by atoms with van der Waals surface area (Å²) in [7, 11) is 0. The second-order valence-electron chi connectivity index (χ2n) is 4.84. The van der Waals surface area contributed by atoms with Crippen molar-refractivity contribution in [1.82, 2.24) is 4.98 Å². The van der Waals surface area contributed by atoms with Crippen LogP contribution < -0.4 is 5.32 Å². The number of aryl methyl sites for hydroxylation is 2. The summed E-state index contributed by atoms with van der Waals surface area (Å²) in [4.78, 5) is 4.14. The number of pyridine rings is 1. The third kappa shape index (κ3) is 2.37. The molecule has 102 valence electrons. The van der Waals surface area contributed by atoms with Crippen LogP contribution in [0.5, 0.6) is 0 Å². The van der Waals surface area contributed by atoms with Crippen LogP contribution in [0, 0.1) is 13.8 Å². The predicted octanol–water partition coefficient (Wildman–Crippen LogP) is 4.71. The fourth-order valence-electron chi connectivity index (χ4n) is 2.30. The average molecular weight is 287 g/mol. The van der Waals surface area contributed by atoms with Crippen molar-refractivity contribution >= 4 is 28.3 Å². The summed E-state index contributed by atoms with van der Waals surface area (Å²) in [6.45, 7) is 4.63. The first kappa shape index (κ1) is 13.0. The highest BCUT2D eigenvalue weighted by Gasteiger charge is 2.11. The molecule has 0 saturated heterocycles. The Balaban J connectivity index is 1.90. The van der Waals surface area contributed by atoms with Crippen LogP contribution in [0.1, 0.15) is 16.9 Å². The summed E-state index contributed by atoms with van der Waals surface area (Å²) in [5.41, 5.74) is 3.98. The van der Waals surface area contributed by atoms with E-state index in [1.807, 2.05) is 38.1 Å². The summed E-state index contributed by atoms with van der Waals surface area (Å²) in [6, 6.07) is 10.0. The van der Waals surface area contributed by atoms with Crippen LogP contribution in [-0.4, -0.2) is 4.98 Å².